The maximum absolute atomic E-state index is 5.44. The highest BCUT2D eigenvalue weighted by Gasteiger charge is 2.20. The standard InChI is InChI=1S/C15H20N2O2/c1-18-13-6-5-12-10(7-8-16-11-3-4-11)9-17-14(12)15(13)19-2/h5-6,9,11,16-17H,3-4,7-8H2,1-2H3. The van der Waals surface area contributed by atoms with Crippen LogP contribution in [0.2, 0.25) is 0 Å². The number of aromatic nitrogens is 1. The van der Waals surface area contributed by atoms with Crippen molar-refractivity contribution < 1.29 is 9.47 Å². The molecule has 1 aliphatic carbocycles. The van der Waals surface area contributed by atoms with Gasteiger partial charge in [-0.1, -0.05) is 0 Å². The van der Waals surface area contributed by atoms with E-state index in [9.17, 15) is 0 Å². The largest absolute Gasteiger partial charge is 0.493 e. The predicted octanol–water partition coefficient (Wildman–Crippen LogP) is 2.48. The zero-order chi connectivity index (χ0) is 13.2. The van der Waals surface area contributed by atoms with Gasteiger partial charge in [-0.25, -0.2) is 0 Å². The molecule has 1 aliphatic rings. The summed E-state index contributed by atoms with van der Waals surface area (Å²) in [5, 5.41) is 4.76. The zero-order valence-electron chi connectivity index (χ0n) is 11.5. The smallest absolute Gasteiger partial charge is 0.184 e. The molecule has 0 radical (unpaired) electrons. The fourth-order valence-corrected chi connectivity index (χ4v) is 2.48. The SMILES string of the molecule is COc1ccc2c(CCNC3CC3)c[nH]c2c1OC. The number of fused-ring (bicyclic) bond motifs is 1. The van der Waals surface area contributed by atoms with Crippen LogP contribution in [0.4, 0.5) is 0 Å². The Bertz CT molecular complexity index is 573. The molecule has 1 saturated carbocycles. The first-order chi connectivity index (χ1) is 9.33. The summed E-state index contributed by atoms with van der Waals surface area (Å²) >= 11 is 0. The molecule has 0 saturated heterocycles. The van der Waals surface area contributed by atoms with Gasteiger partial charge >= 0.3 is 0 Å². The summed E-state index contributed by atoms with van der Waals surface area (Å²) in [5.41, 5.74) is 2.34. The Hall–Kier alpha value is -1.68. The third-order valence-electron chi connectivity index (χ3n) is 3.69. The summed E-state index contributed by atoms with van der Waals surface area (Å²) in [7, 11) is 3.33. The van der Waals surface area contributed by atoms with Crippen LogP contribution < -0.4 is 14.8 Å². The van der Waals surface area contributed by atoms with Gasteiger partial charge in [-0.15, -0.1) is 0 Å². The molecular weight excluding hydrogens is 240 g/mol. The van der Waals surface area contributed by atoms with E-state index in [-0.39, 0.29) is 0 Å². The highest BCUT2D eigenvalue weighted by molar-refractivity contribution is 5.90. The van der Waals surface area contributed by atoms with Crippen molar-refractivity contribution in [3.8, 4) is 11.5 Å². The van der Waals surface area contributed by atoms with Crippen LogP contribution in [0, 0.1) is 0 Å². The number of aromatic amines is 1. The first-order valence-electron chi connectivity index (χ1n) is 6.78. The van der Waals surface area contributed by atoms with Gasteiger partial charge in [-0.05, 0) is 43.5 Å². The zero-order valence-corrected chi connectivity index (χ0v) is 11.5. The van der Waals surface area contributed by atoms with Crippen LogP contribution in [-0.4, -0.2) is 31.8 Å². The molecule has 3 rings (SSSR count). The first kappa shape index (κ1) is 12.4. The van der Waals surface area contributed by atoms with Crippen molar-refractivity contribution in [2.75, 3.05) is 20.8 Å². The second kappa shape index (κ2) is 5.13. The van der Waals surface area contributed by atoms with Gasteiger partial charge < -0.3 is 19.8 Å². The minimum atomic E-state index is 0.763. The van der Waals surface area contributed by atoms with Crippen molar-refractivity contribution in [2.24, 2.45) is 0 Å². The fraction of sp³-hybridized carbons (Fsp3) is 0.467. The molecule has 102 valence electrons. The second-order valence-electron chi connectivity index (χ2n) is 5.02. The Morgan fingerprint density at radius 3 is 2.79 bits per heavy atom. The van der Waals surface area contributed by atoms with Crippen LogP contribution in [0.5, 0.6) is 11.5 Å². The normalized spacial score (nSPS) is 14.8. The van der Waals surface area contributed by atoms with E-state index in [1.54, 1.807) is 14.2 Å². The van der Waals surface area contributed by atoms with E-state index in [0.29, 0.717) is 0 Å². The molecule has 1 heterocycles. The maximum Gasteiger partial charge on any atom is 0.184 e. The van der Waals surface area contributed by atoms with Crippen LogP contribution in [0.1, 0.15) is 18.4 Å². The summed E-state index contributed by atoms with van der Waals surface area (Å²) in [6, 6.07) is 4.83. The van der Waals surface area contributed by atoms with Crippen molar-refractivity contribution in [1.29, 1.82) is 0 Å². The van der Waals surface area contributed by atoms with Crippen molar-refractivity contribution in [2.45, 2.75) is 25.3 Å². The topological polar surface area (TPSA) is 46.3 Å². The van der Waals surface area contributed by atoms with Crippen LogP contribution in [-0.2, 0) is 6.42 Å². The molecule has 2 aromatic rings. The van der Waals surface area contributed by atoms with E-state index >= 15 is 0 Å². The molecule has 1 fully saturated rings. The molecule has 19 heavy (non-hydrogen) atoms. The van der Waals surface area contributed by atoms with E-state index in [2.05, 4.69) is 22.6 Å². The number of hydrogen-bond acceptors (Lipinski definition) is 3. The van der Waals surface area contributed by atoms with Gasteiger partial charge in [0, 0.05) is 17.6 Å². The minimum Gasteiger partial charge on any atom is -0.493 e. The number of nitrogens with one attached hydrogen (secondary N) is 2. The number of hydrogen-bond donors (Lipinski definition) is 2. The molecule has 1 aromatic heterocycles. The maximum atomic E-state index is 5.44. The number of H-pyrrole nitrogens is 1. The van der Waals surface area contributed by atoms with Gasteiger partial charge in [0.15, 0.2) is 11.5 Å². The molecule has 0 amide bonds. The van der Waals surface area contributed by atoms with Crippen LogP contribution in [0.15, 0.2) is 18.3 Å². The fourth-order valence-electron chi connectivity index (χ4n) is 2.48. The van der Waals surface area contributed by atoms with E-state index in [0.717, 1.165) is 36.0 Å². The van der Waals surface area contributed by atoms with Crippen molar-refractivity contribution in [3.63, 3.8) is 0 Å². The number of methoxy groups -OCH3 is 2. The van der Waals surface area contributed by atoms with Crippen LogP contribution >= 0.6 is 0 Å². The van der Waals surface area contributed by atoms with Crippen molar-refractivity contribution in [1.82, 2.24) is 10.3 Å². The highest BCUT2D eigenvalue weighted by Crippen LogP contribution is 2.36. The minimum absolute atomic E-state index is 0.763. The van der Waals surface area contributed by atoms with Gasteiger partial charge in [-0.3, -0.25) is 0 Å². The highest BCUT2D eigenvalue weighted by atomic mass is 16.5. The van der Waals surface area contributed by atoms with Crippen LogP contribution in [0.25, 0.3) is 10.9 Å². The van der Waals surface area contributed by atoms with Crippen molar-refractivity contribution in [3.05, 3.63) is 23.9 Å². The van der Waals surface area contributed by atoms with E-state index in [1.807, 2.05) is 6.07 Å². The molecule has 0 spiro atoms. The third kappa shape index (κ3) is 2.40. The molecule has 0 atom stereocenters. The molecular formula is C15H20N2O2. The predicted molar refractivity (Wildman–Crippen MR) is 76.1 cm³/mol. The molecule has 4 heteroatoms. The van der Waals surface area contributed by atoms with Crippen LogP contribution in [0.3, 0.4) is 0 Å². The van der Waals surface area contributed by atoms with Gasteiger partial charge in [0.1, 0.15) is 0 Å². The van der Waals surface area contributed by atoms with Gasteiger partial charge in [-0.2, -0.15) is 0 Å². The lowest BCUT2D eigenvalue weighted by Gasteiger charge is -2.08. The van der Waals surface area contributed by atoms with Gasteiger partial charge in [0.2, 0.25) is 0 Å². The molecule has 2 N–H and O–H groups in total. The Labute approximate surface area is 113 Å². The lowest BCUT2D eigenvalue weighted by Crippen LogP contribution is -2.19. The summed E-state index contributed by atoms with van der Waals surface area (Å²) in [4.78, 5) is 3.30. The second-order valence-corrected chi connectivity index (χ2v) is 5.02. The molecule has 0 aliphatic heterocycles. The number of benzene rings is 1. The number of ether oxygens (including phenoxy) is 2. The Kier molecular flexibility index (Phi) is 3.34. The first-order valence-corrected chi connectivity index (χ1v) is 6.78. The van der Waals surface area contributed by atoms with Gasteiger partial charge in [0.25, 0.3) is 0 Å². The lowest BCUT2D eigenvalue weighted by atomic mass is 10.1. The summed E-state index contributed by atoms with van der Waals surface area (Å²) in [6.07, 6.45) is 5.77. The summed E-state index contributed by atoms with van der Waals surface area (Å²) in [6.45, 7) is 1.03. The Morgan fingerprint density at radius 1 is 1.26 bits per heavy atom. The molecule has 0 unspecified atom stereocenters. The average molecular weight is 260 g/mol. The molecule has 4 nitrogen and oxygen atoms in total. The third-order valence-corrected chi connectivity index (χ3v) is 3.69. The van der Waals surface area contributed by atoms with E-state index in [1.165, 1.54) is 23.8 Å². The molecule has 0 bridgehead atoms. The quantitative estimate of drug-likeness (QED) is 0.838. The van der Waals surface area contributed by atoms with Gasteiger partial charge in [0.05, 0.1) is 19.7 Å². The summed E-state index contributed by atoms with van der Waals surface area (Å²) in [5.74, 6) is 1.54. The Balaban J connectivity index is 1.85. The van der Waals surface area contributed by atoms with E-state index < -0.39 is 0 Å². The number of rotatable bonds is 6. The van der Waals surface area contributed by atoms with Crippen molar-refractivity contribution >= 4 is 10.9 Å². The monoisotopic (exact) mass is 260 g/mol. The lowest BCUT2D eigenvalue weighted by molar-refractivity contribution is 0.358. The van der Waals surface area contributed by atoms with E-state index in [4.69, 9.17) is 9.47 Å². The average Bonchev–Trinajstić information content (AvgIpc) is 3.17. The molecule has 1 aromatic carbocycles. The Morgan fingerprint density at radius 2 is 2.11 bits per heavy atom. The summed E-state index contributed by atoms with van der Waals surface area (Å²) < 4.78 is 10.8.